The van der Waals surface area contributed by atoms with E-state index < -0.39 is 24.0 Å². The molecule has 0 aromatic carbocycles. The van der Waals surface area contributed by atoms with Gasteiger partial charge in [-0.2, -0.15) is 5.10 Å². The quantitative estimate of drug-likeness (QED) is 0.516. The van der Waals surface area contributed by atoms with E-state index in [0.717, 1.165) is 25.7 Å². The van der Waals surface area contributed by atoms with E-state index in [1.807, 2.05) is 0 Å². The van der Waals surface area contributed by atoms with Crippen LogP contribution in [0.15, 0.2) is 6.08 Å². The Morgan fingerprint density at radius 3 is 2.55 bits per heavy atom. The van der Waals surface area contributed by atoms with Gasteiger partial charge in [-0.05, 0) is 38.7 Å². The highest BCUT2D eigenvalue weighted by atomic mass is 35.5. The summed E-state index contributed by atoms with van der Waals surface area (Å²) in [5.74, 6) is -1.02. The Kier molecular flexibility index (Phi) is 8.25. The molecule has 8 nitrogen and oxygen atoms in total. The standard InChI is InChI=1S/C20H29ClN4O4/c1-12(2)11-25-18(21)16(13(3)24-25)9-10-17(26)29-14(4)19(27)23-20(28)22-15-7-5-6-8-15/h9-10,12,14-15H,5-8,11H2,1-4H3,(H2,22,23,27,28)/b10-9+/t14-/m1/s1. The molecule has 2 rings (SSSR count). The molecule has 0 saturated heterocycles. The smallest absolute Gasteiger partial charge is 0.331 e. The maximum atomic E-state index is 12.0. The van der Waals surface area contributed by atoms with Gasteiger partial charge < -0.3 is 10.1 Å². The molecule has 1 saturated carbocycles. The average Bonchev–Trinajstić information content (AvgIpc) is 3.21. The summed E-state index contributed by atoms with van der Waals surface area (Å²) >= 11 is 6.33. The van der Waals surface area contributed by atoms with E-state index in [0.29, 0.717) is 28.9 Å². The van der Waals surface area contributed by atoms with Gasteiger partial charge in [0.1, 0.15) is 5.15 Å². The molecule has 160 valence electrons. The lowest BCUT2D eigenvalue weighted by molar-refractivity contribution is -0.149. The van der Waals surface area contributed by atoms with E-state index in [1.54, 1.807) is 11.6 Å². The molecule has 3 amide bonds. The number of hydrogen-bond acceptors (Lipinski definition) is 5. The molecule has 1 atom stereocenters. The van der Waals surface area contributed by atoms with Crippen molar-refractivity contribution in [2.75, 3.05) is 0 Å². The number of aromatic nitrogens is 2. The van der Waals surface area contributed by atoms with Crippen LogP contribution >= 0.6 is 11.6 Å². The Morgan fingerprint density at radius 2 is 1.93 bits per heavy atom. The molecule has 29 heavy (non-hydrogen) atoms. The number of amides is 3. The molecule has 0 radical (unpaired) electrons. The third-order valence-electron chi connectivity index (χ3n) is 4.62. The maximum Gasteiger partial charge on any atom is 0.331 e. The Labute approximate surface area is 176 Å². The van der Waals surface area contributed by atoms with Gasteiger partial charge in [0.05, 0.1) is 5.69 Å². The van der Waals surface area contributed by atoms with Crippen molar-refractivity contribution >= 4 is 35.6 Å². The van der Waals surface area contributed by atoms with Crippen LogP contribution in [-0.4, -0.2) is 39.8 Å². The van der Waals surface area contributed by atoms with Crippen molar-refractivity contribution in [1.29, 1.82) is 0 Å². The Morgan fingerprint density at radius 1 is 1.28 bits per heavy atom. The fraction of sp³-hybridized carbons (Fsp3) is 0.600. The van der Waals surface area contributed by atoms with E-state index in [9.17, 15) is 14.4 Å². The number of rotatable bonds is 7. The average molecular weight is 425 g/mol. The lowest BCUT2D eigenvalue weighted by Gasteiger charge is -2.15. The van der Waals surface area contributed by atoms with Crippen LogP contribution in [0, 0.1) is 12.8 Å². The van der Waals surface area contributed by atoms with Crippen molar-refractivity contribution < 1.29 is 19.1 Å². The number of imide groups is 1. The summed E-state index contributed by atoms with van der Waals surface area (Å²) in [6.45, 7) is 7.98. The molecule has 9 heteroatoms. The first-order valence-corrected chi connectivity index (χ1v) is 10.3. The largest absolute Gasteiger partial charge is 0.449 e. The van der Waals surface area contributed by atoms with Crippen LogP contribution in [0.25, 0.3) is 6.08 Å². The highest BCUT2D eigenvalue weighted by Gasteiger charge is 2.22. The van der Waals surface area contributed by atoms with Crippen LogP contribution in [-0.2, 0) is 20.9 Å². The normalized spacial score (nSPS) is 15.7. The second kappa shape index (κ2) is 10.4. The van der Waals surface area contributed by atoms with Gasteiger partial charge in [-0.3, -0.25) is 14.8 Å². The van der Waals surface area contributed by atoms with Crippen molar-refractivity contribution in [2.45, 2.75) is 72.1 Å². The lowest BCUT2D eigenvalue weighted by Crippen LogP contribution is -2.47. The fourth-order valence-electron chi connectivity index (χ4n) is 3.15. The molecule has 1 aromatic heterocycles. The summed E-state index contributed by atoms with van der Waals surface area (Å²) in [5.41, 5.74) is 1.31. The van der Waals surface area contributed by atoms with E-state index in [-0.39, 0.29) is 6.04 Å². The Balaban J connectivity index is 1.86. The number of esters is 1. The number of nitrogens with zero attached hydrogens (tertiary/aromatic N) is 2. The second-order valence-electron chi connectivity index (χ2n) is 7.72. The molecule has 1 aliphatic rings. The molecule has 0 bridgehead atoms. The Hall–Kier alpha value is -2.35. The molecule has 0 aliphatic heterocycles. The first-order valence-electron chi connectivity index (χ1n) is 9.90. The SMILES string of the molecule is Cc1nn(CC(C)C)c(Cl)c1/C=C/C(=O)O[C@H](C)C(=O)NC(=O)NC1CCCC1. The van der Waals surface area contributed by atoms with Crippen LogP contribution in [0.5, 0.6) is 0 Å². The highest BCUT2D eigenvalue weighted by Crippen LogP contribution is 2.22. The molecular formula is C20H29ClN4O4. The summed E-state index contributed by atoms with van der Waals surface area (Å²) in [4.78, 5) is 35.9. The zero-order chi connectivity index (χ0) is 21.6. The molecule has 0 unspecified atom stereocenters. The number of hydrogen-bond donors (Lipinski definition) is 2. The van der Waals surface area contributed by atoms with Crippen molar-refractivity contribution in [3.05, 3.63) is 22.5 Å². The number of nitrogens with one attached hydrogen (secondary N) is 2. The minimum atomic E-state index is -1.11. The molecule has 2 N–H and O–H groups in total. The first kappa shape index (κ1) is 22.9. The monoisotopic (exact) mass is 424 g/mol. The number of aryl methyl sites for hydroxylation is 1. The predicted octanol–water partition coefficient (Wildman–Crippen LogP) is 3.21. The summed E-state index contributed by atoms with van der Waals surface area (Å²) in [7, 11) is 0. The van der Waals surface area contributed by atoms with Crippen LogP contribution in [0.3, 0.4) is 0 Å². The summed E-state index contributed by atoms with van der Waals surface area (Å²) < 4.78 is 6.75. The minimum absolute atomic E-state index is 0.0909. The van der Waals surface area contributed by atoms with Crippen LogP contribution < -0.4 is 10.6 Å². The Bertz CT molecular complexity index is 782. The first-order chi connectivity index (χ1) is 13.7. The van der Waals surface area contributed by atoms with E-state index in [4.69, 9.17) is 16.3 Å². The van der Waals surface area contributed by atoms with Crippen molar-refractivity contribution in [3.8, 4) is 0 Å². The molecule has 0 spiro atoms. The summed E-state index contributed by atoms with van der Waals surface area (Å²) in [6, 6.07) is -0.478. The van der Waals surface area contributed by atoms with Gasteiger partial charge >= 0.3 is 12.0 Å². The maximum absolute atomic E-state index is 12.0. The number of carbonyl (C=O) groups excluding carboxylic acids is 3. The highest BCUT2D eigenvalue weighted by molar-refractivity contribution is 6.31. The third kappa shape index (κ3) is 6.88. The van der Waals surface area contributed by atoms with Gasteiger partial charge in [-0.15, -0.1) is 0 Å². The second-order valence-corrected chi connectivity index (χ2v) is 8.08. The van der Waals surface area contributed by atoms with E-state index in [2.05, 4.69) is 29.6 Å². The zero-order valence-electron chi connectivity index (χ0n) is 17.3. The van der Waals surface area contributed by atoms with Gasteiger partial charge in [-0.25, -0.2) is 9.59 Å². The van der Waals surface area contributed by atoms with E-state index in [1.165, 1.54) is 19.1 Å². The van der Waals surface area contributed by atoms with Gasteiger partial charge in [0.25, 0.3) is 5.91 Å². The topological polar surface area (TPSA) is 102 Å². The molecule has 1 aromatic rings. The van der Waals surface area contributed by atoms with Crippen molar-refractivity contribution in [1.82, 2.24) is 20.4 Å². The zero-order valence-corrected chi connectivity index (χ0v) is 18.1. The molecular weight excluding hydrogens is 396 g/mol. The minimum Gasteiger partial charge on any atom is -0.449 e. The van der Waals surface area contributed by atoms with E-state index >= 15 is 0 Å². The summed E-state index contributed by atoms with van der Waals surface area (Å²) in [6.07, 6.45) is 5.55. The summed E-state index contributed by atoms with van der Waals surface area (Å²) in [5, 5.41) is 9.75. The fourth-order valence-corrected chi connectivity index (χ4v) is 3.45. The van der Waals surface area contributed by atoms with Crippen LogP contribution in [0.1, 0.15) is 57.7 Å². The number of carbonyl (C=O) groups is 3. The van der Waals surface area contributed by atoms with Gasteiger partial charge in [-0.1, -0.05) is 38.3 Å². The number of ether oxygens (including phenoxy) is 1. The molecule has 1 fully saturated rings. The van der Waals surface area contributed by atoms with Gasteiger partial charge in [0, 0.05) is 24.2 Å². The van der Waals surface area contributed by atoms with Gasteiger partial charge in [0.2, 0.25) is 0 Å². The van der Waals surface area contributed by atoms with Crippen molar-refractivity contribution in [2.24, 2.45) is 5.92 Å². The molecule has 1 aliphatic carbocycles. The van der Waals surface area contributed by atoms with Gasteiger partial charge in [0.15, 0.2) is 6.10 Å². The van der Waals surface area contributed by atoms with Crippen LogP contribution in [0.2, 0.25) is 5.15 Å². The third-order valence-corrected chi connectivity index (χ3v) is 5.02. The van der Waals surface area contributed by atoms with Crippen molar-refractivity contribution in [3.63, 3.8) is 0 Å². The predicted molar refractivity (Wildman–Crippen MR) is 110 cm³/mol. The number of halogens is 1. The molecule has 1 heterocycles. The lowest BCUT2D eigenvalue weighted by atomic mass is 10.2. The van der Waals surface area contributed by atoms with Crippen LogP contribution in [0.4, 0.5) is 4.79 Å². The number of urea groups is 1.